The monoisotopic (exact) mass is 374 g/mol. The van der Waals surface area contributed by atoms with E-state index in [-0.39, 0.29) is 0 Å². The van der Waals surface area contributed by atoms with Gasteiger partial charge in [0.2, 0.25) is 0 Å². The first-order valence-corrected chi connectivity index (χ1v) is 9.75. The minimum Gasteiger partial charge on any atom is -0.304 e. The maximum Gasteiger partial charge on any atom is 0.146 e. The van der Waals surface area contributed by atoms with Gasteiger partial charge in [0.05, 0.1) is 5.69 Å². The van der Waals surface area contributed by atoms with E-state index in [1.807, 2.05) is 48.6 Å². The Balaban J connectivity index is 1.49. The molecule has 1 saturated heterocycles. The molecule has 0 bridgehead atoms. The molecular formula is C22H26N6. The van der Waals surface area contributed by atoms with Crippen LogP contribution in [-0.2, 0) is 0 Å². The van der Waals surface area contributed by atoms with Crippen LogP contribution in [0.5, 0.6) is 0 Å². The molecule has 2 aliphatic heterocycles. The van der Waals surface area contributed by atoms with Crippen molar-refractivity contribution in [2.75, 3.05) is 24.6 Å². The van der Waals surface area contributed by atoms with Gasteiger partial charge in [0.25, 0.3) is 0 Å². The largest absolute Gasteiger partial charge is 0.304 e. The van der Waals surface area contributed by atoms with Crippen LogP contribution in [-0.4, -0.2) is 41.1 Å². The second kappa shape index (κ2) is 7.94. The summed E-state index contributed by atoms with van der Waals surface area (Å²) < 4.78 is 0. The predicted molar refractivity (Wildman–Crippen MR) is 116 cm³/mol. The number of benzene rings is 1. The lowest BCUT2D eigenvalue weighted by Gasteiger charge is -2.33. The zero-order valence-corrected chi connectivity index (χ0v) is 16.2. The Hall–Kier alpha value is -2.99. The number of anilines is 1. The third-order valence-corrected chi connectivity index (χ3v) is 5.29. The molecule has 144 valence electrons. The number of hydrogen-bond acceptors (Lipinski definition) is 6. The number of nitrogens with zero attached hydrogens (tertiary/aromatic N) is 4. The van der Waals surface area contributed by atoms with E-state index in [2.05, 4.69) is 34.0 Å². The van der Waals surface area contributed by atoms with E-state index < -0.39 is 0 Å². The predicted octanol–water partition coefficient (Wildman–Crippen LogP) is 3.74. The lowest BCUT2D eigenvalue weighted by atomic mass is 9.96. The summed E-state index contributed by atoms with van der Waals surface area (Å²) in [4.78, 5) is 11.3. The molecule has 28 heavy (non-hydrogen) atoms. The van der Waals surface area contributed by atoms with E-state index in [9.17, 15) is 0 Å². The molecule has 2 aliphatic rings. The fraction of sp³-hybridized carbons (Fsp3) is 0.318. The van der Waals surface area contributed by atoms with Crippen LogP contribution in [0.15, 0.2) is 66.2 Å². The maximum absolute atomic E-state index is 8.05. The van der Waals surface area contributed by atoms with Gasteiger partial charge in [0.1, 0.15) is 11.7 Å². The van der Waals surface area contributed by atoms with Gasteiger partial charge in [-0.05, 0) is 44.5 Å². The van der Waals surface area contributed by atoms with Crippen LogP contribution in [0.4, 0.5) is 5.69 Å². The van der Waals surface area contributed by atoms with Gasteiger partial charge in [-0.15, -0.1) is 0 Å². The second-order valence-corrected chi connectivity index (χ2v) is 7.33. The first kappa shape index (κ1) is 18.4. The van der Waals surface area contributed by atoms with Crippen LogP contribution >= 0.6 is 0 Å². The Labute approximate surface area is 165 Å². The molecule has 2 N–H and O–H groups in total. The molecule has 4 rings (SSSR count). The summed E-state index contributed by atoms with van der Waals surface area (Å²) in [7, 11) is 0. The highest BCUT2D eigenvalue weighted by Crippen LogP contribution is 2.30. The molecule has 6 nitrogen and oxygen atoms in total. The summed E-state index contributed by atoms with van der Waals surface area (Å²) in [5.41, 5.74) is 5.17. The van der Waals surface area contributed by atoms with Gasteiger partial charge in [-0.2, -0.15) is 0 Å². The molecule has 1 atom stereocenters. The fourth-order valence-corrected chi connectivity index (χ4v) is 3.99. The highest BCUT2D eigenvalue weighted by Gasteiger charge is 2.30. The number of aliphatic imine (C=N–C) groups is 1. The Morgan fingerprint density at radius 1 is 1.39 bits per heavy atom. The Kier molecular flexibility index (Phi) is 5.21. The van der Waals surface area contributed by atoms with Crippen molar-refractivity contribution in [2.24, 2.45) is 10.9 Å². The van der Waals surface area contributed by atoms with Crippen LogP contribution in [0.2, 0.25) is 0 Å². The minimum absolute atomic E-state index is 0.325. The lowest BCUT2D eigenvalue weighted by Crippen LogP contribution is -2.46. The molecule has 0 spiro atoms. The summed E-state index contributed by atoms with van der Waals surface area (Å²) in [6, 6.07) is 8.18. The second-order valence-electron chi connectivity index (χ2n) is 7.33. The number of aromatic nitrogens is 1. The highest BCUT2D eigenvalue weighted by molar-refractivity contribution is 5.98. The highest BCUT2D eigenvalue weighted by atomic mass is 15.6. The van der Waals surface area contributed by atoms with Crippen LogP contribution < -0.4 is 10.4 Å². The Morgan fingerprint density at radius 3 is 3.14 bits per heavy atom. The molecule has 0 saturated carbocycles. The fourth-order valence-electron chi connectivity index (χ4n) is 3.99. The molecule has 2 aromatic rings. The van der Waals surface area contributed by atoms with Crippen molar-refractivity contribution in [3.05, 3.63) is 61.2 Å². The molecule has 6 heteroatoms. The van der Waals surface area contributed by atoms with Crippen molar-refractivity contribution in [3.8, 4) is 0 Å². The van der Waals surface area contributed by atoms with Gasteiger partial charge >= 0.3 is 0 Å². The number of hydrogen-bond donors (Lipinski definition) is 2. The third kappa shape index (κ3) is 3.68. The normalized spacial score (nSPS) is 20.6. The minimum atomic E-state index is 0.325. The summed E-state index contributed by atoms with van der Waals surface area (Å²) in [5.74, 6) is 2.00. The summed E-state index contributed by atoms with van der Waals surface area (Å²) in [5, 5.41) is 12.2. The zero-order chi connectivity index (χ0) is 19.5. The van der Waals surface area contributed by atoms with Crippen LogP contribution in [0, 0.1) is 11.3 Å². The number of rotatable bonds is 5. The Morgan fingerprint density at radius 2 is 2.29 bits per heavy atom. The SMILES string of the molecule is C=C1N=C(C2CCCN(CC(=N)/C=C\C)C2)NN1c1cccc2cnccc12. The van der Waals surface area contributed by atoms with E-state index in [1.54, 1.807) is 0 Å². The smallest absolute Gasteiger partial charge is 0.146 e. The molecular weight excluding hydrogens is 348 g/mol. The maximum atomic E-state index is 8.05. The third-order valence-electron chi connectivity index (χ3n) is 5.29. The first-order chi connectivity index (χ1) is 13.7. The van der Waals surface area contributed by atoms with Gasteiger partial charge in [0, 0.05) is 47.9 Å². The van der Waals surface area contributed by atoms with Gasteiger partial charge in [-0.1, -0.05) is 24.8 Å². The van der Waals surface area contributed by atoms with Crippen molar-refractivity contribution < 1.29 is 0 Å². The molecule has 1 fully saturated rings. The van der Waals surface area contributed by atoms with E-state index in [0.717, 1.165) is 48.2 Å². The standard InChI is InChI=1S/C22H26N6/c1-3-6-19(23)15-27-12-5-8-18(14-27)22-25-16(2)28(26-22)21-9-4-7-17-13-24-11-10-20(17)21/h3-4,6-7,9-11,13,18,23H,2,5,8,12,14-15H2,1H3,(H,25,26)/b6-3-,23-19?. The van der Waals surface area contributed by atoms with Gasteiger partial charge in [-0.3, -0.25) is 15.3 Å². The van der Waals surface area contributed by atoms with Gasteiger partial charge in [-0.25, -0.2) is 10.0 Å². The summed E-state index contributed by atoms with van der Waals surface area (Å²) in [6.07, 6.45) is 9.69. The van der Waals surface area contributed by atoms with E-state index in [4.69, 9.17) is 10.4 Å². The molecule has 3 heterocycles. The van der Waals surface area contributed by atoms with Gasteiger partial charge < -0.3 is 5.41 Å². The number of amidine groups is 1. The Bertz CT molecular complexity index is 955. The molecule has 0 amide bonds. The lowest BCUT2D eigenvalue weighted by molar-refractivity contribution is 0.229. The number of hydrazine groups is 1. The van der Waals surface area contributed by atoms with Crippen LogP contribution in [0.1, 0.15) is 19.8 Å². The average molecular weight is 374 g/mol. The number of piperidine rings is 1. The topological polar surface area (TPSA) is 67.6 Å². The molecule has 0 radical (unpaired) electrons. The number of pyridine rings is 1. The molecule has 1 aromatic carbocycles. The zero-order valence-electron chi connectivity index (χ0n) is 16.2. The van der Waals surface area contributed by atoms with Crippen molar-refractivity contribution in [2.45, 2.75) is 19.8 Å². The van der Waals surface area contributed by atoms with Crippen molar-refractivity contribution >= 4 is 28.0 Å². The summed E-state index contributed by atoms with van der Waals surface area (Å²) >= 11 is 0. The summed E-state index contributed by atoms with van der Waals surface area (Å²) in [6.45, 7) is 8.74. The van der Waals surface area contributed by atoms with E-state index in [1.165, 1.54) is 0 Å². The first-order valence-electron chi connectivity index (χ1n) is 9.75. The number of allylic oxidation sites excluding steroid dienone is 1. The van der Waals surface area contributed by atoms with E-state index in [0.29, 0.717) is 24.0 Å². The van der Waals surface area contributed by atoms with Crippen LogP contribution in [0.25, 0.3) is 10.8 Å². The molecule has 1 unspecified atom stereocenters. The molecule has 0 aliphatic carbocycles. The quantitative estimate of drug-likeness (QED) is 0.783. The number of likely N-dealkylation sites (tertiary alicyclic amines) is 1. The average Bonchev–Trinajstić information content (AvgIpc) is 3.09. The van der Waals surface area contributed by atoms with Crippen molar-refractivity contribution in [1.29, 1.82) is 5.41 Å². The number of fused-ring (bicyclic) bond motifs is 1. The molecule has 1 aromatic heterocycles. The number of nitrogens with one attached hydrogen (secondary N) is 2. The van der Waals surface area contributed by atoms with Crippen LogP contribution in [0.3, 0.4) is 0 Å². The van der Waals surface area contributed by atoms with Crippen molar-refractivity contribution in [1.82, 2.24) is 15.3 Å². The van der Waals surface area contributed by atoms with E-state index >= 15 is 0 Å². The van der Waals surface area contributed by atoms with Crippen molar-refractivity contribution in [3.63, 3.8) is 0 Å². The van der Waals surface area contributed by atoms with Gasteiger partial charge in [0.15, 0.2) is 0 Å².